The van der Waals surface area contributed by atoms with Crippen LogP contribution in [-0.2, 0) is 23.6 Å². The second kappa shape index (κ2) is 14.8. The third-order valence-electron chi connectivity index (χ3n) is 8.65. The molecule has 254 valence electrons. The number of hydrogen-bond donors (Lipinski definition) is 3. The van der Waals surface area contributed by atoms with E-state index in [1.54, 1.807) is 31.2 Å². The maximum Gasteiger partial charge on any atom is 0.409 e. The Bertz CT molecular complexity index is 1500. The molecule has 0 bridgehead atoms. The number of rotatable bonds is 12. The Morgan fingerprint density at radius 2 is 1.64 bits per heavy atom. The van der Waals surface area contributed by atoms with E-state index in [9.17, 15) is 33.5 Å². The maximum atomic E-state index is 13.7. The Kier molecular flexibility index (Phi) is 10.8. The molecule has 2 unspecified atom stereocenters. The lowest BCUT2D eigenvalue weighted by Gasteiger charge is -2.36. The molecule has 47 heavy (non-hydrogen) atoms. The number of unbranched alkanes of at least 4 members (excludes halogenated alkanes) is 1. The SMILES string of the molecule is CCCCOC(=O)N1CCN(C(=O)[C@H](CP(=O)(O)O)NC(=O)c2cc(N3CC4C(C3)C4C(=O)OCC)nc(-c3ccccc3)n2)CC1. The van der Waals surface area contributed by atoms with Crippen molar-refractivity contribution >= 4 is 37.3 Å². The van der Waals surface area contributed by atoms with E-state index in [0.29, 0.717) is 37.7 Å². The fourth-order valence-corrected chi connectivity index (χ4v) is 6.83. The van der Waals surface area contributed by atoms with E-state index in [0.717, 1.165) is 12.8 Å². The van der Waals surface area contributed by atoms with Crippen LogP contribution < -0.4 is 10.2 Å². The smallest absolute Gasteiger partial charge is 0.409 e. The molecule has 3 atom stereocenters. The number of anilines is 1. The number of carbonyl (C=O) groups is 4. The van der Waals surface area contributed by atoms with Crippen LogP contribution in [0.25, 0.3) is 11.4 Å². The van der Waals surface area contributed by atoms with E-state index in [1.165, 1.54) is 15.9 Å². The molecule has 0 radical (unpaired) electrons. The third-order valence-corrected chi connectivity index (χ3v) is 9.49. The summed E-state index contributed by atoms with van der Waals surface area (Å²) in [6.07, 6.45) is 0.225. The minimum Gasteiger partial charge on any atom is -0.466 e. The second-order valence-corrected chi connectivity index (χ2v) is 13.7. The van der Waals surface area contributed by atoms with Crippen LogP contribution in [0.3, 0.4) is 0 Å². The molecular weight excluding hydrogens is 631 g/mol. The van der Waals surface area contributed by atoms with Crippen LogP contribution in [0, 0.1) is 17.8 Å². The normalized spacial score (nSPS) is 21.1. The number of piperidine rings is 1. The summed E-state index contributed by atoms with van der Waals surface area (Å²) in [6, 6.07) is 8.95. The molecule has 1 aromatic heterocycles. The van der Waals surface area contributed by atoms with Crippen molar-refractivity contribution in [2.24, 2.45) is 17.8 Å². The van der Waals surface area contributed by atoms with E-state index in [1.807, 2.05) is 17.9 Å². The summed E-state index contributed by atoms with van der Waals surface area (Å²) in [6.45, 7) is 6.02. The van der Waals surface area contributed by atoms with Crippen molar-refractivity contribution in [3.8, 4) is 11.4 Å². The Balaban J connectivity index is 1.31. The number of carbonyl (C=O) groups excluding carboxylic acids is 4. The largest absolute Gasteiger partial charge is 0.466 e. The first-order valence-electron chi connectivity index (χ1n) is 15.9. The van der Waals surface area contributed by atoms with Crippen LogP contribution in [0.5, 0.6) is 0 Å². The highest BCUT2D eigenvalue weighted by Gasteiger charge is 2.60. The van der Waals surface area contributed by atoms with Crippen molar-refractivity contribution in [3.05, 3.63) is 42.1 Å². The minimum absolute atomic E-state index is 0.0838. The van der Waals surface area contributed by atoms with Crippen molar-refractivity contribution in [3.63, 3.8) is 0 Å². The topological polar surface area (TPSA) is 192 Å². The van der Waals surface area contributed by atoms with Gasteiger partial charge in [0.2, 0.25) is 5.91 Å². The molecule has 5 rings (SSSR count). The quantitative estimate of drug-likeness (QED) is 0.168. The third kappa shape index (κ3) is 8.45. The van der Waals surface area contributed by atoms with Crippen LogP contribution in [0.1, 0.15) is 37.2 Å². The minimum atomic E-state index is -4.75. The molecule has 2 saturated heterocycles. The van der Waals surface area contributed by atoms with Crippen LogP contribution in [-0.4, -0.2) is 118 Å². The fourth-order valence-electron chi connectivity index (χ4n) is 6.11. The van der Waals surface area contributed by atoms with Crippen LogP contribution >= 0.6 is 7.60 Å². The van der Waals surface area contributed by atoms with Crippen molar-refractivity contribution in [1.29, 1.82) is 0 Å². The number of esters is 1. The Morgan fingerprint density at radius 1 is 0.979 bits per heavy atom. The first kappa shape index (κ1) is 34.3. The summed E-state index contributed by atoms with van der Waals surface area (Å²) in [5.74, 6) is -0.890. The lowest BCUT2D eigenvalue weighted by atomic mass is 10.2. The number of amides is 3. The summed E-state index contributed by atoms with van der Waals surface area (Å²) < 4.78 is 22.5. The maximum absolute atomic E-state index is 13.7. The summed E-state index contributed by atoms with van der Waals surface area (Å²) in [5.41, 5.74) is 0.561. The van der Waals surface area contributed by atoms with Gasteiger partial charge in [0.05, 0.1) is 25.3 Å². The first-order chi connectivity index (χ1) is 22.5. The molecule has 3 amide bonds. The number of hydrogen-bond acceptors (Lipinski definition) is 10. The van der Waals surface area contributed by atoms with Gasteiger partial charge in [0.1, 0.15) is 17.6 Å². The van der Waals surface area contributed by atoms with Crippen LogP contribution in [0.15, 0.2) is 36.4 Å². The second-order valence-electron chi connectivity index (χ2n) is 12.0. The number of piperazine rings is 1. The predicted octanol–water partition coefficient (Wildman–Crippen LogP) is 1.75. The zero-order valence-electron chi connectivity index (χ0n) is 26.5. The molecule has 1 aromatic carbocycles. The van der Waals surface area contributed by atoms with Gasteiger partial charge < -0.3 is 39.3 Å². The van der Waals surface area contributed by atoms with Gasteiger partial charge in [-0.05, 0) is 25.2 Å². The zero-order valence-corrected chi connectivity index (χ0v) is 27.4. The Hall–Kier alpha value is -4.07. The molecule has 3 fully saturated rings. The van der Waals surface area contributed by atoms with Gasteiger partial charge in [-0.3, -0.25) is 18.9 Å². The van der Waals surface area contributed by atoms with Gasteiger partial charge in [0, 0.05) is 50.9 Å². The molecule has 16 heteroatoms. The molecule has 0 spiro atoms. The molecule has 2 aliphatic heterocycles. The standard InChI is InChI=1S/C31H41N6O9P/c1-3-5-15-46-31(41)36-13-11-35(12-14-36)29(39)24(19-47(42,43)44)33-28(38)23-16-25(34-27(32-23)20-9-7-6-8-10-20)37-17-21-22(18-37)26(21)30(40)45-4-2/h6-10,16,21-22,24,26H,3-5,11-15,17-19H2,1-2H3,(H,33,38)(H2,42,43,44)/t21?,22?,24-,26?/m0/s1. The Labute approximate surface area is 272 Å². The van der Waals surface area contributed by atoms with Crippen molar-refractivity contribution in [2.45, 2.75) is 32.7 Å². The fraction of sp³-hybridized carbons (Fsp3) is 0.548. The first-order valence-corrected chi connectivity index (χ1v) is 17.7. The van der Waals surface area contributed by atoms with E-state index in [-0.39, 0.29) is 61.4 Å². The number of benzene rings is 1. The zero-order chi connectivity index (χ0) is 33.7. The molecule has 3 heterocycles. The lowest BCUT2D eigenvalue weighted by Crippen LogP contribution is -2.56. The van der Waals surface area contributed by atoms with Gasteiger partial charge in [0.25, 0.3) is 5.91 Å². The van der Waals surface area contributed by atoms with Gasteiger partial charge in [-0.2, -0.15) is 0 Å². The van der Waals surface area contributed by atoms with Crippen LogP contribution in [0.4, 0.5) is 10.6 Å². The molecule has 3 aliphatic rings. The van der Waals surface area contributed by atoms with E-state index >= 15 is 0 Å². The number of ether oxygens (including phenoxy) is 2. The summed E-state index contributed by atoms with van der Waals surface area (Å²) in [7, 11) is -4.75. The van der Waals surface area contributed by atoms with Gasteiger partial charge in [-0.15, -0.1) is 0 Å². The number of nitrogens with one attached hydrogen (secondary N) is 1. The van der Waals surface area contributed by atoms with Crippen molar-refractivity contribution in [2.75, 3.05) is 63.5 Å². The van der Waals surface area contributed by atoms with E-state index < -0.39 is 37.7 Å². The van der Waals surface area contributed by atoms with Crippen LogP contribution in [0.2, 0.25) is 0 Å². The van der Waals surface area contributed by atoms with Gasteiger partial charge in [-0.25, -0.2) is 14.8 Å². The molecule has 3 N–H and O–H groups in total. The van der Waals surface area contributed by atoms with E-state index in [2.05, 4.69) is 10.3 Å². The molecule has 15 nitrogen and oxygen atoms in total. The van der Waals surface area contributed by atoms with Crippen molar-refractivity contribution in [1.82, 2.24) is 25.1 Å². The lowest BCUT2D eigenvalue weighted by molar-refractivity contribution is -0.145. The molecule has 1 aliphatic carbocycles. The number of fused-ring (bicyclic) bond motifs is 1. The number of nitrogens with zero attached hydrogens (tertiary/aromatic N) is 5. The van der Waals surface area contributed by atoms with Gasteiger partial charge >= 0.3 is 19.7 Å². The monoisotopic (exact) mass is 672 g/mol. The molecular formula is C31H41N6O9P. The summed E-state index contributed by atoms with van der Waals surface area (Å²) >= 11 is 0. The van der Waals surface area contributed by atoms with E-state index in [4.69, 9.17) is 14.5 Å². The highest BCUT2D eigenvalue weighted by Crippen LogP contribution is 2.53. The average molecular weight is 673 g/mol. The number of aromatic nitrogens is 2. The van der Waals surface area contributed by atoms with Crippen molar-refractivity contribution < 1.29 is 43.0 Å². The Morgan fingerprint density at radius 3 is 2.26 bits per heavy atom. The van der Waals surface area contributed by atoms with Gasteiger partial charge in [0.15, 0.2) is 5.82 Å². The highest BCUT2D eigenvalue weighted by molar-refractivity contribution is 7.51. The average Bonchev–Trinajstić information content (AvgIpc) is 3.56. The molecule has 2 aromatic rings. The predicted molar refractivity (Wildman–Crippen MR) is 169 cm³/mol. The summed E-state index contributed by atoms with van der Waals surface area (Å²) in [5, 5.41) is 2.51. The highest BCUT2D eigenvalue weighted by atomic mass is 31.2. The van der Waals surface area contributed by atoms with Gasteiger partial charge in [-0.1, -0.05) is 43.7 Å². The summed E-state index contributed by atoms with van der Waals surface area (Å²) in [4.78, 5) is 85.3. The molecule has 1 saturated carbocycles.